The summed E-state index contributed by atoms with van der Waals surface area (Å²) >= 11 is 9.33. The average Bonchev–Trinajstić information content (AvgIpc) is 3.39. The van der Waals surface area contributed by atoms with Crippen LogP contribution in [0, 0.1) is 12.7 Å². The van der Waals surface area contributed by atoms with E-state index in [0.29, 0.717) is 5.11 Å². The van der Waals surface area contributed by atoms with E-state index in [-0.39, 0.29) is 17.9 Å². The molecule has 3 heterocycles. The van der Waals surface area contributed by atoms with Crippen molar-refractivity contribution in [3.05, 3.63) is 106 Å². The Hall–Kier alpha value is -3.03. The number of nitrogens with zero attached hydrogens (tertiary/aromatic N) is 2. The van der Waals surface area contributed by atoms with Gasteiger partial charge in [-0.1, -0.05) is 28.1 Å². The van der Waals surface area contributed by atoms with E-state index in [1.165, 1.54) is 12.1 Å². The second-order valence-corrected chi connectivity index (χ2v) is 8.90. The first-order valence-corrected chi connectivity index (χ1v) is 11.3. The van der Waals surface area contributed by atoms with Crippen LogP contribution in [0.25, 0.3) is 11.3 Å². The van der Waals surface area contributed by atoms with Crippen molar-refractivity contribution in [1.29, 1.82) is 0 Å². The molecule has 1 N–H and O–H groups in total. The molecule has 4 aromatic rings. The molecule has 160 valence electrons. The topological polar surface area (TPSA) is 41.3 Å². The normalized spacial score (nSPS) is 18.1. The number of nitrogens with one attached hydrogen (secondary N) is 1. The van der Waals surface area contributed by atoms with Crippen molar-refractivity contribution in [1.82, 2.24) is 10.3 Å². The van der Waals surface area contributed by atoms with Crippen molar-refractivity contribution in [2.45, 2.75) is 19.0 Å². The van der Waals surface area contributed by atoms with Crippen molar-refractivity contribution in [3.63, 3.8) is 0 Å². The average molecular weight is 508 g/mol. The number of hydrogen-bond donors (Lipinski definition) is 1. The predicted molar refractivity (Wildman–Crippen MR) is 131 cm³/mol. The Kier molecular flexibility index (Phi) is 5.53. The van der Waals surface area contributed by atoms with Gasteiger partial charge >= 0.3 is 0 Å². The molecule has 0 amide bonds. The Morgan fingerprint density at radius 3 is 2.59 bits per heavy atom. The van der Waals surface area contributed by atoms with Gasteiger partial charge in [0.2, 0.25) is 0 Å². The fraction of sp³-hybridized carbons (Fsp3) is 0.120. The van der Waals surface area contributed by atoms with Crippen molar-refractivity contribution < 1.29 is 8.81 Å². The third kappa shape index (κ3) is 3.82. The molecule has 7 heteroatoms. The molecule has 2 atom stereocenters. The first kappa shape index (κ1) is 20.8. The van der Waals surface area contributed by atoms with Crippen molar-refractivity contribution >= 4 is 38.9 Å². The van der Waals surface area contributed by atoms with E-state index in [1.807, 2.05) is 48.2 Å². The van der Waals surface area contributed by atoms with E-state index in [2.05, 4.69) is 38.4 Å². The fourth-order valence-electron chi connectivity index (χ4n) is 4.00. The van der Waals surface area contributed by atoms with Gasteiger partial charge in [-0.05, 0) is 85.4 Å². The molecule has 4 nitrogen and oxygen atoms in total. The summed E-state index contributed by atoms with van der Waals surface area (Å²) < 4.78 is 20.9. The number of benzene rings is 2. The summed E-state index contributed by atoms with van der Waals surface area (Å²) in [6.07, 6.45) is 1.76. The van der Waals surface area contributed by atoms with Gasteiger partial charge in [0, 0.05) is 21.9 Å². The zero-order valence-electron chi connectivity index (χ0n) is 17.1. The zero-order valence-corrected chi connectivity index (χ0v) is 19.5. The second kappa shape index (κ2) is 8.48. The summed E-state index contributed by atoms with van der Waals surface area (Å²) in [7, 11) is 0. The number of furan rings is 1. The molecule has 32 heavy (non-hydrogen) atoms. The molecule has 2 aromatic carbocycles. The van der Waals surface area contributed by atoms with Gasteiger partial charge < -0.3 is 14.6 Å². The van der Waals surface area contributed by atoms with Gasteiger partial charge in [0.25, 0.3) is 0 Å². The van der Waals surface area contributed by atoms with Crippen LogP contribution < -0.4 is 10.2 Å². The fourth-order valence-corrected chi connectivity index (χ4v) is 5.03. The first-order valence-electron chi connectivity index (χ1n) is 10.1. The Morgan fingerprint density at radius 2 is 1.88 bits per heavy atom. The van der Waals surface area contributed by atoms with Crippen LogP contribution in [0.2, 0.25) is 0 Å². The number of halogens is 2. The molecular formula is C25H19BrFN3OS. The Bertz CT molecular complexity index is 1280. The van der Waals surface area contributed by atoms with Gasteiger partial charge in [-0.3, -0.25) is 4.98 Å². The summed E-state index contributed by atoms with van der Waals surface area (Å²) in [5, 5.41) is 3.92. The molecule has 2 aromatic heterocycles. The van der Waals surface area contributed by atoms with Gasteiger partial charge in [0.05, 0.1) is 11.7 Å². The molecule has 0 saturated carbocycles. The number of thiocarbonyl (C=S) groups is 1. The molecule has 1 aliphatic rings. The summed E-state index contributed by atoms with van der Waals surface area (Å²) in [5.74, 6) is 1.19. The van der Waals surface area contributed by atoms with Gasteiger partial charge in [-0.25, -0.2) is 4.39 Å². The maximum absolute atomic E-state index is 13.6. The summed E-state index contributed by atoms with van der Waals surface area (Å²) in [6.45, 7) is 2.05. The number of rotatable bonds is 4. The van der Waals surface area contributed by atoms with Crippen LogP contribution >= 0.6 is 28.1 Å². The van der Waals surface area contributed by atoms with Gasteiger partial charge in [0.1, 0.15) is 23.4 Å². The minimum absolute atomic E-state index is 0.228. The maximum atomic E-state index is 13.6. The van der Waals surface area contributed by atoms with Crippen LogP contribution in [0.3, 0.4) is 0 Å². The number of aromatic nitrogens is 1. The van der Waals surface area contributed by atoms with Gasteiger partial charge in [-0.15, -0.1) is 0 Å². The number of aryl methyl sites for hydroxylation is 1. The third-order valence-corrected chi connectivity index (χ3v) is 6.48. The lowest BCUT2D eigenvalue weighted by atomic mass is 10.0. The lowest BCUT2D eigenvalue weighted by Crippen LogP contribution is -2.29. The van der Waals surface area contributed by atoms with Crippen LogP contribution in [0.4, 0.5) is 10.1 Å². The number of hydrogen-bond acceptors (Lipinski definition) is 3. The summed E-state index contributed by atoms with van der Waals surface area (Å²) in [4.78, 5) is 6.50. The SMILES string of the molecule is Cc1ccc(-c2ccc([C@H]3[C@H](c4ccccn4)NC(=S)N3c3ccc(F)cc3)o2)c(Br)c1. The zero-order chi connectivity index (χ0) is 22.2. The van der Waals surface area contributed by atoms with Crippen LogP contribution in [0.1, 0.15) is 29.1 Å². The smallest absolute Gasteiger partial charge is 0.174 e. The van der Waals surface area contributed by atoms with E-state index in [9.17, 15) is 4.39 Å². The first-order chi connectivity index (χ1) is 15.5. The minimum atomic E-state index is -0.297. The van der Waals surface area contributed by atoms with Crippen LogP contribution in [-0.4, -0.2) is 10.1 Å². The molecule has 0 aliphatic carbocycles. The highest BCUT2D eigenvalue weighted by atomic mass is 79.9. The van der Waals surface area contributed by atoms with E-state index < -0.39 is 0 Å². The molecule has 1 saturated heterocycles. The molecule has 0 bridgehead atoms. The molecular weight excluding hydrogens is 489 g/mol. The lowest BCUT2D eigenvalue weighted by Gasteiger charge is -2.26. The highest BCUT2D eigenvalue weighted by Gasteiger charge is 2.42. The Labute approximate surface area is 199 Å². The number of pyridine rings is 1. The highest BCUT2D eigenvalue weighted by molar-refractivity contribution is 9.10. The van der Waals surface area contributed by atoms with Crippen LogP contribution in [0.15, 0.2) is 87.9 Å². The monoisotopic (exact) mass is 507 g/mol. The quantitative estimate of drug-likeness (QED) is 0.310. The van der Waals surface area contributed by atoms with Gasteiger partial charge in [-0.2, -0.15) is 0 Å². The molecule has 1 aliphatic heterocycles. The van der Waals surface area contributed by atoms with E-state index in [4.69, 9.17) is 16.6 Å². The van der Waals surface area contributed by atoms with E-state index >= 15 is 0 Å². The van der Waals surface area contributed by atoms with Gasteiger partial charge in [0.15, 0.2) is 5.11 Å². The molecule has 1 fully saturated rings. The lowest BCUT2D eigenvalue weighted by molar-refractivity contribution is 0.439. The van der Waals surface area contributed by atoms with Crippen LogP contribution in [-0.2, 0) is 0 Å². The largest absolute Gasteiger partial charge is 0.459 e. The molecule has 5 rings (SSSR count). The highest BCUT2D eigenvalue weighted by Crippen LogP contribution is 2.43. The Balaban J connectivity index is 1.60. The second-order valence-electron chi connectivity index (χ2n) is 7.66. The standard InChI is InChI=1S/C25H19BrFN3OS/c1-15-5-10-18(19(26)14-15)21-11-12-22(31-21)24-23(20-4-2-3-13-28-20)29-25(32)30(24)17-8-6-16(27)7-9-17/h2-14,23-24H,1H3,(H,29,32)/t23-,24-/m0/s1. The maximum Gasteiger partial charge on any atom is 0.174 e. The van der Waals surface area contributed by atoms with E-state index in [1.54, 1.807) is 18.3 Å². The van der Waals surface area contributed by atoms with Crippen molar-refractivity contribution in [2.24, 2.45) is 0 Å². The molecule has 0 radical (unpaired) electrons. The minimum Gasteiger partial charge on any atom is -0.459 e. The number of anilines is 1. The molecule has 0 spiro atoms. The van der Waals surface area contributed by atoms with Crippen molar-refractivity contribution in [3.8, 4) is 11.3 Å². The summed E-state index contributed by atoms with van der Waals surface area (Å²) in [6, 6.07) is 21.6. The molecule has 0 unspecified atom stereocenters. The van der Waals surface area contributed by atoms with E-state index in [0.717, 1.165) is 38.5 Å². The third-order valence-electron chi connectivity index (χ3n) is 5.51. The summed E-state index contributed by atoms with van der Waals surface area (Å²) in [5.41, 5.74) is 3.76. The van der Waals surface area contributed by atoms with Crippen LogP contribution in [0.5, 0.6) is 0 Å². The predicted octanol–water partition coefficient (Wildman–Crippen LogP) is 6.73. The Morgan fingerprint density at radius 1 is 1.06 bits per heavy atom. The van der Waals surface area contributed by atoms with Crippen molar-refractivity contribution in [2.75, 3.05) is 4.90 Å².